The van der Waals surface area contributed by atoms with Gasteiger partial charge in [0, 0.05) is 29.9 Å². The standard InChI is InChI=1S/C16H16ClN5O2/c1-21-14(5-6-18-21)16(24)19-15-10-13(20-22(15)7-8-23)11-3-2-4-12(17)9-11/h2-6,9-10,23H,7-8H2,1H3,(H,19,24). The van der Waals surface area contributed by atoms with Gasteiger partial charge < -0.3 is 10.4 Å². The first-order valence-corrected chi connectivity index (χ1v) is 7.70. The molecule has 3 aromatic rings. The predicted molar refractivity (Wildman–Crippen MR) is 90.9 cm³/mol. The number of rotatable bonds is 5. The van der Waals surface area contributed by atoms with Crippen LogP contribution in [0.1, 0.15) is 10.5 Å². The highest BCUT2D eigenvalue weighted by Crippen LogP contribution is 2.24. The number of nitrogens with zero attached hydrogens (tertiary/aromatic N) is 4. The van der Waals surface area contributed by atoms with Crippen LogP contribution >= 0.6 is 11.6 Å². The zero-order valence-corrected chi connectivity index (χ0v) is 13.7. The van der Waals surface area contributed by atoms with Crippen molar-refractivity contribution in [3.8, 4) is 11.3 Å². The molecule has 0 unspecified atom stereocenters. The first-order valence-electron chi connectivity index (χ1n) is 7.32. The Balaban J connectivity index is 1.92. The quantitative estimate of drug-likeness (QED) is 0.742. The van der Waals surface area contributed by atoms with Crippen molar-refractivity contribution in [3.63, 3.8) is 0 Å². The number of nitrogens with one attached hydrogen (secondary N) is 1. The molecule has 0 spiro atoms. The molecule has 0 atom stereocenters. The van der Waals surface area contributed by atoms with E-state index in [1.54, 1.807) is 42.2 Å². The maximum absolute atomic E-state index is 12.4. The Kier molecular flexibility index (Phi) is 4.64. The van der Waals surface area contributed by atoms with E-state index in [0.29, 0.717) is 22.2 Å². The summed E-state index contributed by atoms with van der Waals surface area (Å²) in [6.45, 7) is 0.173. The van der Waals surface area contributed by atoms with Gasteiger partial charge >= 0.3 is 0 Å². The molecule has 1 aromatic carbocycles. The molecular weight excluding hydrogens is 330 g/mol. The Bertz CT molecular complexity index is 871. The van der Waals surface area contributed by atoms with Crippen LogP contribution in [0.4, 0.5) is 5.82 Å². The number of amides is 1. The molecule has 0 aliphatic heterocycles. The molecule has 8 heteroatoms. The summed E-state index contributed by atoms with van der Waals surface area (Å²) in [4.78, 5) is 12.4. The highest BCUT2D eigenvalue weighted by molar-refractivity contribution is 6.30. The number of benzene rings is 1. The Morgan fingerprint density at radius 2 is 2.17 bits per heavy atom. The van der Waals surface area contributed by atoms with Crippen LogP contribution in [0.25, 0.3) is 11.3 Å². The molecule has 1 amide bonds. The van der Waals surface area contributed by atoms with E-state index in [1.165, 1.54) is 4.68 Å². The molecule has 24 heavy (non-hydrogen) atoms. The van der Waals surface area contributed by atoms with Crippen molar-refractivity contribution in [2.45, 2.75) is 6.54 Å². The summed E-state index contributed by atoms with van der Waals surface area (Å²) in [5.74, 6) is 0.192. The number of carbonyl (C=O) groups is 1. The van der Waals surface area contributed by atoms with Crippen molar-refractivity contribution in [2.24, 2.45) is 7.05 Å². The van der Waals surface area contributed by atoms with Crippen LogP contribution in [-0.4, -0.2) is 37.2 Å². The van der Waals surface area contributed by atoms with Crippen molar-refractivity contribution in [2.75, 3.05) is 11.9 Å². The molecule has 2 aromatic heterocycles. The number of aryl methyl sites for hydroxylation is 1. The minimum Gasteiger partial charge on any atom is -0.394 e. The summed E-state index contributed by atoms with van der Waals surface area (Å²) in [7, 11) is 1.69. The van der Waals surface area contributed by atoms with Crippen molar-refractivity contribution in [1.82, 2.24) is 19.6 Å². The number of aromatic nitrogens is 4. The van der Waals surface area contributed by atoms with E-state index in [2.05, 4.69) is 15.5 Å². The van der Waals surface area contributed by atoms with E-state index in [0.717, 1.165) is 5.56 Å². The second-order valence-electron chi connectivity index (χ2n) is 5.17. The molecule has 0 radical (unpaired) electrons. The first kappa shape index (κ1) is 16.2. The van der Waals surface area contributed by atoms with E-state index in [-0.39, 0.29) is 19.1 Å². The van der Waals surface area contributed by atoms with Gasteiger partial charge in [-0.15, -0.1) is 0 Å². The van der Waals surface area contributed by atoms with Gasteiger partial charge in [0.1, 0.15) is 11.5 Å². The Labute approximate surface area is 143 Å². The number of halogens is 1. The van der Waals surface area contributed by atoms with E-state index in [4.69, 9.17) is 11.6 Å². The van der Waals surface area contributed by atoms with Gasteiger partial charge in [0.15, 0.2) is 0 Å². The third-order valence-electron chi connectivity index (χ3n) is 3.51. The second kappa shape index (κ2) is 6.86. The molecule has 0 fully saturated rings. The lowest BCUT2D eigenvalue weighted by Crippen LogP contribution is -2.19. The molecule has 0 saturated heterocycles. The number of carbonyl (C=O) groups excluding carboxylic acids is 1. The summed E-state index contributed by atoms with van der Waals surface area (Å²) >= 11 is 6.02. The molecule has 124 valence electrons. The van der Waals surface area contributed by atoms with Gasteiger partial charge in [0.05, 0.1) is 18.8 Å². The van der Waals surface area contributed by atoms with Gasteiger partial charge in [-0.2, -0.15) is 10.2 Å². The number of aliphatic hydroxyl groups excluding tert-OH is 1. The predicted octanol–water partition coefficient (Wildman–Crippen LogP) is 2.18. The van der Waals surface area contributed by atoms with Gasteiger partial charge in [-0.1, -0.05) is 23.7 Å². The van der Waals surface area contributed by atoms with Crippen molar-refractivity contribution in [1.29, 1.82) is 0 Å². The molecular formula is C16H16ClN5O2. The minimum absolute atomic E-state index is 0.0920. The topological polar surface area (TPSA) is 85.0 Å². The Hall–Kier alpha value is -2.64. The van der Waals surface area contributed by atoms with Gasteiger partial charge in [-0.25, -0.2) is 4.68 Å². The molecule has 0 aliphatic rings. The molecule has 7 nitrogen and oxygen atoms in total. The number of anilines is 1. The van der Waals surface area contributed by atoms with Crippen LogP contribution in [-0.2, 0) is 13.6 Å². The fourth-order valence-corrected chi connectivity index (χ4v) is 2.54. The number of hydrogen-bond acceptors (Lipinski definition) is 4. The third kappa shape index (κ3) is 3.32. The summed E-state index contributed by atoms with van der Waals surface area (Å²) in [5.41, 5.74) is 1.91. The smallest absolute Gasteiger partial charge is 0.275 e. The van der Waals surface area contributed by atoms with Crippen LogP contribution in [0, 0.1) is 0 Å². The Morgan fingerprint density at radius 3 is 2.83 bits per heavy atom. The van der Waals surface area contributed by atoms with Gasteiger partial charge in [0.2, 0.25) is 0 Å². The second-order valence-corrected chi connectivity index (χ2v) is 5.60. The third-order valence-corrected chi connectivity index (χ3v) is 3.74. The molecule has 0 saturated carbocycles. The lowest BCUT2D eigenvalue weighted by molar-refractivity contribution is 0.101. The van der Waals surface area contributed by atoms with E-state index >= 15 is 0 Å². The van der Waals surface area contributed by atoms with Crippen LogP contribution in [0.15, 0.2) is 42.6 Å². The van der Waals surface area contributed by atoms with Crippen LogP contribution in [0.5, 0.6) is 0 Å². The minimum atomic E-state index is -0.299. The van der Waals surface area contributed by atoms with Gasteiger partial charge in [-0.05, 0) is 18.2 Å². The molecule has 2 N–H and O–H groups in total. The largest absolute Gasteiger partial charge is 0.394 e. The normalized spacial score (nSPS) is 10.8. The summed E-state index contributed by atoms with van der Waals surface area (Å²) in [6.07, 6.45) is 1.55. The van der Waals surface area contributed by atoms with Crippen molar-refractivity contribution < 1.29 is 9.90 Å². The monoisotopic (exact) mass is 345 g/mol. The van der Waals surface area contributed by atoms with Crippen molar-refractivity contribution >= 4 is 23.3 Å². The van der Waals surface area contributed by atoms with E-state index in [1.807, 2.05) is 12.1 Å². The molecule has 0 aliphatic carbocycles. The summed E-state index contributed by atoms with van der Waals surface area (Å²) in [5, 5.41) is 21.0. The van der Waals surface area contributed by atoms with Gasteiger partial charge in [0.25, 0.3) is 5.91 Å². The zero-order valence-electron chi connectivity index (χ0n) is 13.0. The maximum Gasteiger partial charge on any atom is 0.275 e. The Morgan fingerprint density at radius 1 is 1.33 bits per heavy atom. The highest BCUT2D eigenvalue weighted by atomic mass is 35.5. The average Bonchev–Trinajstić information content (AvgIpc) is 3.14. The van der Waals surface area contributed by atoms with E-state index in [9.17, 15) is 9.90 Å². The fourth-order valence-electron chi connectivity index (χ4n) is 2.35. The first-order chi connectivity index (χ1) is 11.6. The maximum atomic E-state index is 12.4. The summed E-state index contributed by atoms with van der Waals surface area (Å²) < 4.78 is 3.03. The molecule has 3 rings (SSSR count). The lowest BCUT2D eigenvalue weighted by Gasteiger charge is -2.07. The zero-order chi connectivity index (χ0) is 17.1. The lowest BCUT2D eigenvalue weighted by atomic mass is 10.1. The van der Waals surface area contributed by atoms with Gasteiger partial charge in [-0.3, -0.25) is 9.48 Å². The average molecular weight is 346 g/mol. The van der Waals surface area contributed by atoms with Crippen molar-refractivity contribution in [3.05, 3.63) is 53.3 Å². The SMILES string of the molecule is Cn1nccc1C(=O)Nc1cc(-c2cccc(Cl)c2)nn1CCO. The van der Waals surface area contributed by atoms with Crippen LogP contribution in [0.3, 0.4) is 0 Å². The van der Waals surface area contributed by atoms with Crippen LogP contribution in [0.2, 0.25) is 5.02 Å². The summed E-state index contributed by atoms with van der Waals surface area (Å²) in [6, 6.07) is 10.6. The number of aliphatic hydroxyl groups is 1. The fraction of sp³-hybridized carbons (Fsp3) is 0.188. The molecule has 0 bridgehead atoms. The number of hydrogen-bond donors (Lipinski definition) is 2. The highest BCUT2D eigenvalue weighted by Gasteiger charge is 2.15. The van der Waals surface area contributed by atoms with Crippen LogP contribution < -0.4 is 5.32 Å². The molecule has 2 heterocycles. The van der Waals surface area contributed by atoms with E-state index < -0.39 is 0 Å².